The molecule has 2 unspecified atom stereocenters. The smallest absolute Gasteiger partial charge is 0.0941 e. The fourth-order valence-corrected chi connectivity index (χ4v) is 1.72. The van der Waals surface area contributed by atoms with E-state index in [1.165, 1.54) is 5.56 Å². The Morgan fingerprint density at radius 1 is 1.25 bits per heavy atom. The van der Waals surface area contributed by atoms with Crippen LogP contribution in [0.3, 0.4) is 0 Å². The topological polar surface area (TPSA) is 66.5 Å². The minimum Gasteiger partial charge on any atom is -0.396 e. The van der Waals surface area contributed by atoms with Crippen LogP contribution in [0.15, 0.2) is 24.3 Å². The molecule has 1 rings (SSSR count). The lowest BCUT2D eigenvalue weighted by molar-refractivity contribution is 0.129. The minimum absolute atomic E-state index is 0.00610. The lowest BCUT2D eigenvalue weighted by atomic mass is 9.99. The van der Waals surface area contributed by atoms with Gasteiger partial charge in [-0.25, -0.2) is 0 Å². The first kappa shape index (κ1) is 13.2. The SMILES string of the molecule is CCCc1ccc(C(O)C(N)CCO)cc1. The zero-order valence-corrected chi connectivity index (χ0v) is 9.76. The van der Waals surface area contributed by atoms with Gasteiger partial charge in [0, 0.05) is 12.6 Å². The third kappa shape index (κ3) is 3.59. The molecule has 0 radical (unpaired) electrons. The summed E-state index contributed by atoms with van der Waals surface area (Å²) in [4.78, 5) is 0. The molecule has 0 spiro atoms. The Morgan fingerprint density at radius 2 is 1.88 bits per heavy atom. The van der Waals surface area contributed by atoms with Gasteiger partial charge in [-0.1, -0.05) is 37.6 Å². The van der Waals surface area contributed by atoms with E-state index < -0.39 is 12.1 Å². The van der Waals surface area contributed by atoms with E-state index in [0.29, 0.717) is 6.42 Å². The van der Waals surface area contributed by atoms with Crippen molar-refractivity contribution in [2.45, 2.75) is 38.3 Å². The number of aryl methyl sites for hydroxylation is 1. The molecular weight excluding hydrogens is 202 g/mol. The molecule has 4 N–H and O–H groups in total. The Hall–Kier alpha value is -0.900. The maximum Gasteiger partial charge on any atom is 0.0941 e. The first-order valence-corrected chi connectivity index (χ1v) is 5.82. The fraction of sp³-hybridized carbons (Fsp3) is 0.538. The maximum atomic E-state index is 9.90. The van der Waals surface area contributed by atoms with Gasteiger partial charge in [0.05, 0.1) is 6.10 Å². The van der Waals surface area contributed by atoms with Gasteiger partial charge in [-0.05, 0) is 24.0 Å². The average molecular weight is 223 g/mol. The molecule has 0 saturated carbocycles. The van der Waals surface area contributed by atoms with E-state index in [9.17, 15) is 5.11 Å². The second kappa shape index (κ2) is 6.63. The van der Waals surface area contributed by atoms with E-state index in [2.05, 4.69) is 6.92 Å². The Labute approximate surface area is 96.9 Å². The molecule has 0 amide bonds. The van der Waals surface area contributed by atoms with Gasteiger partial charge in [-0.15, -0.1) is 0 Å². The monoisotopic (exact) mass is 223 g/mol. The van der Waals surface area contributed by atoms with Crippen LogP contribution in [-0.4, -0.2) is 22.9 Å². The quantitative estimate of drug-likeness (QED) is 0.682. The number of nitrogens with two attached hydrogens (primary N) is 1. The van der Waals surface area contributed by atoms with E-state index in [-0.39, 0.29) is 6.61 Å². The van der Waals surface area contributed by atoms with Gasteiger partial charge in [0.2, 0.25) is 0 Å². The number of hydrogen-bond acceptors (Lipinski definition) is 3. The van der Waals surface area contributed by atoms with Crippen molar-refractivity contribution in [1.29, 1.82) is 0 Å². The molecule has 0 heterocycles. The largest absolute Gasteiger partial charge is 0.396 e. The Balaban J connectivity index is 2.65. The number of rotatable bonds is 6. The molecule has 0 aliphatic carbocycles. The third-order valence-electron chi connectivity index (χ3n) is 2.73. The molecule has 1 aromatic carbocycles. The summed E-state index contributed by atoms with van der Waals surface area (Å²) >= 11 is 0. The van der Waals surface area contributed by atoms with Crippen LogP contribution in [0.2, 0.25) is 0 Å². The van der Waals surface area contributed by atoms with Crippen molar-refractivity contribution in [3.05, 3.63) is 35.4 Å². The summed E-state index contributed by atoms with van der Waals surface area (Å²) in [6.07, 6.45) is 1.89. The molecule has 0 aliphatic rings. The first-order chi connectivity index (χ1) is 7.69. The Morgan fingerprint density at radius 3 is 2.38 bits per heavy atom. The summed E-state index contributed by atoms with van der Waals surface area (Å²) in [5.74, 6) is 0. The van der Waals surface area contributed by atoms with Crippen molar-refractivity contribution in [3.63, 3.8) is 0 Å². The van der Waals surface area contributed by atoms with Crippen LogP contribution in [0.4, 0.5) is 0 Å². The molecule has 90 valence electrons. The van der Waals surface area contributed by atoms with E-state index in [0.717, 1.165) is 18.4 Å². The van der Waals surface area contributed by atoms with Crippen molar-refractivity contribution >= 4 is 0 Å². The standard InChI is InChI=1S/C13H21NO2/c1-2-3-10-4-6-11(7-5-10)13(16)12(14)8-9-15/h4-7,12-13,15-16H,2-3,8-9,14H2,1H3. The van der Waals surface area contributed by atoms with E-state index in [1.807, 2.05) is 24.3 Å². The summed E-state index contributed by atoms with van der Waals surface area (Å²) in [5, 5.41) is 18.7. The highest BCUT2D eigenvalue weighted by atomic mass is 16.3. The van der Waals surface area contributed by atoms with Gasteiger partial charge >= 0.3 is 0 Å². The van der Waals surface area contributed by atoms with Crippen LogP contribution in [0, 0.1) is 0 Å². The zero-order chi connectivity index (χ0) is 12.0. The van der Waals surface area contributed by atoms with Crippen LogP contribution < -0.4 is 5.73 Å². The van der Waals surface area contributed by atoms with Crippen molar-refractivity contribution in [2.75, 3.05) is 6.61 Å². The van der Waals surface area contributed by atoms with E-state index >= 15 is 0 Å². The second-order valence-electron chi connectivity index (χ2n) is 4.11. The van der Waals surface area contributed by atoms with Crippen LogP contribution in [-0.2, 0) is 6.42 Å². The van der Waals surface area contributed by atoms with Gasteiger partial charge in [-0.2, -0.15) is 0 Å². The van der Waals surface area contributed by atoms with Crippen LogP contribution in [0.25, 0.3) is 0 Å². The first-order valence-electron chi connectivity index (χ1n) is 5.82. The molecule has 0 saturated heterocycles. The lowest BCUT2D eigenvalue weighted by Crippen LogP contribution is -2.29. The minimum atomic E-state index is -0.692. The Kier molecular flexibility index (Phi) is 5.46. The van der Waals surface area contributed by atoms with E-state index in [4.69, 9.17) is 10.8 Å². The number of benzene rings is 1. The highest BCUT2D eigenvalue weighted by molar-refractivity contribution is 5.25. The van der Waals surface area contributed by atoms with Crippen molar-refractivity contribution < 1.29 is 10.2 Å². The van der Waals surface area contributed by atoms with Gasteiger partial charge in [-0.3, -0.25) is 0 Å². The maximum absolute atomic E-state index is 9.90. The summed E-state index contributed by atoms with van der Waals surface area (Å²) in [6.45, 7) is 2.14. The predicted octanol–water partition coefficient (Wildman–Crippen LogP) is 1.38. The summed E-state index contributed by atoms with van der Waals surface area (Å²) in [6, 6.07) is 7.46. The van der Waals surface area contributed by atoms with Gasteiger partial charge in [0.25, 0.3) is 0 Å². The third-order valence-corrected chi connectivity index (χ3v) is 2.73. The zero-order valence-electron chi connectivity index (χ0n) is 9.76. The summed E-state index contributed by atoms with van der Waals surface area (Å²) in [5.41, 5.74) is 7.84. The van der Waals surface area contributed by atoms with Crippen molar-refractivity contribution in [2.24, 2.45) is 5.73 Å². The number of aliphatic hydroxyl groups is 2. The molecule has 16 heavy (non-hydrogen) atoms. The Bertz CT molecular complexity index is 297. The summed E-state index contributed by atoms with van der Waals surface area (Å²) in [7, 11) is 0. The fourth-order valence-electron chi connectivity index (χ4n) is 1.72. The molecule has 0 fully saturated rings. The molecule has 0 aromatic heterocycles. The molecular formula is C13H21NO2. The lowest BCUT2D eigenvalue weighted by Gasteiger charge is -2.18. The summed E-state index contributed by atoms with van der Waals surface area (Å²) < 4.78 is 0. The highest BCUT2D eigenvalue weighted by Gasteiger charge is 2.15. The molecule has 0 aliphatic heterocycles. The van der Waals surface area contributed by atoms with Crippen LogP contribution in [0.1, 0.15) is 37.0 Å². The molecule has 1 aromatic rings. The number of aliphatic hydroxyl groups excluding tert-OH is 2. The van der Waals surface area contributed by atoms with Crippen LogP contribution >= 0.6 is 0 Å². The van der Waals surface area contributed by atoms with E-state index in [1.54, 1.807) is 0 Å². The van der Waals surface area contributed by atoms with Gasteiger partial charge < -0.3 is 15.9 Å². The predicted molar refractivity (Wildman–Crippen MR) is 65.1 cm³/mol. The molecule has 0 bridgehead atoms. The van der Waals surface area contributed by atoms with Crippen molar-refractivity contribution in [1.82, 2.24) is 0 Å². The van der Waals surface area contributed by atoms with Crippen LogP contribution in [0.5, 0.6) is 0 Å². The molecule has 2 atom stereocenters. The highest BCUT2D eigenvalue weighted by Crippen LogP contribution is 2.18. The van der Waals surface area contributed by atoms with Crippen molar-refractivity contribution in [3.8, 4) is 0 Å². The second-order valence-corrected chi connectivity index (χ2v) is 4.11. The average Bonchev–Trinajstić information content (AvgIpc) is 2.30. The molecule has 3 nitrogen and oxygen atoms in total. The molecule has 3 heteroatoms. The normalized spacial score (nSPS) is 14.8. The number of hydrogen-bond donors (Lipinski definition) is 3. The van der Waals surface area contributed by atoms with Gasteiger partial charge in [0.1, 0.15) is 0 Å². The van der Waals surface area contributed by atoms with Gasteiger partial charge in [0.15, 0.2) is 0 Å².